The van der Waals surface area contributed by atoms with Gasteiger partial charge in [0, 0.05) is 0 Å². The van der Waals surface area contributed by atoms with E-state index in [2.05, 4.69) is 10.8 Å². The van der Waals surface area contributed by atoms with Crippen molar-refractivity contribution in [2.75, 3.05) is 6.61 Å². The Hall–Kier alpha value is 0.610. The van der Waals surface area contributed by atoms with Crippen molar-refractivity contribution in [1.82, 2.24) is 0 Å². The third kappa shape index (κ3) is 37.0. The topological polar surface area (TPSA) is 66.4 Å². The van der Waals surface area contributed by atoms with E-state index < -0.39 is 10.4 Å². The zero-order valence-corrected chi connectivity index (χ0v) is 9.85. The second kappa shape index (κ2) is 10.6. The van der Waals surface area contributed by atoms with Crippen molar-refractivity contribution in [1.29, 1.82) is 0 Å². The Morgan fingerprint density at radius 2 is 1.91 bits per heavy atom. The molecular weight excluding hydrogens is 179 g/mol. The quantitative estimate of drug-likeness (QED) is 0.212. The number of rotatable bonds is 2. The largest absolute Gasteiger partial charge is 1.00 e. The molecule has 0 saturated heterocycles. The summed E-state index contributed by atoms with van der Waals surface area (Å²) in [6, 6.07) is 0. The standard InChI is InChI=1S/C3H6.C2H6O4S.Na/c1-3-2;1-2-6-7(3,4)5;/h3H,1H2,2H3;2H2,1H3,(H,3,4,5);/q;;+1/p-1. The third-order valence-corrected chi connectivity index (χ3v) is 0.787. The van der Waals surface area contributed by atoms with Gasteiger partial charge >= 0.3 is 29.6 Å². The average Bonchev–Trinajstić information content (AvgIpc) is 1.63. The first kappa shape index (κ1) is 17.6. The second-order valence-corrected chi connectivity index (χ2v) is 2.28. The van der Waals surface area contributed by atoms with Crippen molar-refractivity contribution in [3.05, 3.63) is 12.7 Å². The van der Waals surface area contributed by atoms with Crippen LogP contribution in [0.4, 0.5) is 0 Å². The van der Waals surface area contributed by atoms with Crippen LogP contribution in [0.2, 0.25) is 0 Å². The molecule has 0 atom stereocenters. The van der Waals surface area contributed by atoms with Crippen molar-refractivity contribution in [3.8, 4) is 0 Å². The molecule has 0 fully saturated rings. The van der Waals surface area contributed by atoms with Crippen LogP contribution in [0.1, 0.15) is 13.8 Å². The first-order valence-electron chi connectivity index (χ1n) is 2.65. The van der Waals surface area contributed by atoms with Crippen LogP contribution in [0.15, 0.2) is 12.7 Å². The molecule has 11 heavy (non-hydrogen) atoms. The molecule has 62 valence electrons. The van der Waals surface area contributed by atoms with E-state index in [-0.39, 0.29) is 36.2 Å². The van der Waals surface area contributed by atoms with E-state index in [1.54, 1.807) is 6.08 Å². The first-order chi connectivity index (χ1) is 4.47. The maximum atomic E-state index is 9.45. The summed E-state index contributed by atoms with van der Waals surface area (Å²) < 4.78 is 32.0. The minimum Gasteiger partial charge on any atom is -0.726 e. The van der Waals surface area contributed by atoms with Gasteiger partial charge < -0.3 is 4.55 Å². The fraction of sp³-hybridized carbons (Fsp3) is 0.600. The van der Waals surface area contributed by atoms with Crippen LogP contribution in [0, 0.1) is 0 Å². The summed E-state index contributed by atoms with van der Waals surface area (Å²) in [6.07, 6.45) is 1.75. The summed E-state index contributed by atoms with van der Waals surface area (Å²) in [5, 5.41) is 0. The van der Waals surface area contributed by atoms with Gasteiger partial charge in [-0.05, 0) is 13.8 Å². The molecule has 0 radical (unpaired) electrons. The molecule has 0 aliphatic rings. The van der Waals surface area contributed by atoms with E-state index in [0.717, 1.165) is 0 Å². The van der Waals surface area contributed by atoms with Crippen LogP contribution >= 0.6 is 0 Å². The van der Waals surface area contributed by atoms with Crippen LogP contribution in [0.25, 0.3) is 0 Å². The fourth-order valence-corrected chi connectivity index (χ4v) is 0.433. The molecule has 6 heteroatoms. The Morgan fingerprint density at radius 1 is 1.64 bits per heavy atom. The maximum Gasteiger partial charge on any atom is 1.00 e. The zero-order valence-electron chi connectivity index (χ0n) is 7.03. The monoisotopic (exact) mass is 190 g/mol. The second-order valence-electron chi connectivity index (χ2n) is 1.22. The summed E-state index contributed by atoms with van der Waals surface area (Å²) >= 11 is 0. The van der Waals surface area contributed by atoms with Crippen LogP contribution in [-0.2, 0) is 14.6 Å². The van der Waals surface area contributed by atoms with Gasteiger partial charge in [-0.3, -0.25) is 4.18 Å². The Balaban J connectivity index is -0.000000140. The van der Waals surface area contributed by atoms with E-state index in [9.17, 15) is 13.0 Å². The molecule has 0 bridgehead atoms. The SMILES string of the molecule is C=CC.CCOS(=O)(=O)[O-].[Na+]. The average molecular weight is 190 g/mol. The summed E-state index contributed by atoms with van der Waals surface area (Å²) in [6.45, 7) is 6.58. The Labute approximate surface area is 89.9 Å². The van der Waals surface area contributed by atoms with E-state index in [0.29, 0.717) is 0 Å². The van der Waals surface area contributed by atoms with Gasteiger partial charge in [0.25, 0.3) is 0 Å². The molecule has 0 amide bonds. The van der Waals surface area contributed by atoms with Gasteiger partial charge in [-0.2, -0.15) is 0 Å². The van der Waals surface area contributed by atoms with Crippen LogP contribution in [0.3, 0.4) is 0 Å². The Morgan fingerprint density at radius 3 is 1.91 bits per heavy atom. The van der Waals surface area contributed by atoms with Gasteiger partial charge in [-0.1, -0.05) is 6.08 Å². The predicted molar refractivity (Wildman–Crippen MR) is 37.2 cm³/mol. The van der Waals surface area contributed by atoms with Gasteiger partial charge in [0.15, 0.2) is 0 Å². The summed E-state index contributed by atoms with van der Waals surface area (Å²) in [5.41, 5.74) is 0. The molecule has 0 rings (SSSR count). The summed E-state index contributed by atoms with van der Waals surface area (Å²) in [5.74, 6) is 0. The predicted octanol–water partition coefficient (Wildman–Crippen LogP) is -2.32. The molecule has 0 aliphatic carbocycles. The molecule has 0 aromatic heterocycles. The van der Waals surface area contributed by atoms with E-state index in [4.69, 9.17) is 0 Å². The molecule has 0 heterocycles. The normalized spacial score (nSPS) is 8.64. The van der Waals surface area contributed by atoms with Crippen LogP contribution < -0.4 is 29.6 Å². The molecule has 0 saturated carbocycles. The minimum atomic E-state index is -4.42. The van der Waals surface area contributed by atoms with E-state index in [1.165, 1.54) is 6.92 Å². The molecule has 4 nitrogen and oxygen atoms in total. The summed E-state index contributed by atoms with van der Waals surface area (Å²) in [7, 11) is -4.42. The number of hydrogen-bond donors (Lipinski definition) is 0. The molecule has 0 spiro atoms. The Kier molecular flexibility index (Phi) is 17.0. The summed E-state index contributed by atoms with van der Waals surface area (Å²) in [4.78, 5) is 0. The molecule has 0 aliphatic heterocycles. The maximum absolute atomic E-state index is 9.45. The smallest absolute Gasteiger partial charge is 0.726 e. The van der Waals surface area contributed by atoms with E-state index in [1.807, 2.05) is 6.92 Å². The van der Waals surface area contributed by atoms with Gasteiger partial charge in [-0.15, -0.1) is 6.58 Å². The molecule has 0 unspecified atom stereocenters. The van der Waals surface area contributed by atoms with Crippen molar-refractivity contribution < 1.29 is 46.7 Å². The van der Waals surface area contributed by atoms with Gasteiger partial charge in [0.1, 0.15) is 0 Å². The van der Waals surface area contributed by atoms with Crippen LogP contribution in [-0.4, -0.2) is 19.6 Å². The molecule has 0 N–H and O–H groups in total. The molecular formula is C5H11NaO4S. The van der Waals surface area contributed by atoms with E-state index >= 15 is 0 Å². The zero-order chi connectivity index (χ0) is 8.62. The van der Waals surface area contributed by atoms with Crippen molar-refractivity contribution in [2.24, 2.45) is 0 Å². The fourth-order valence-electron chi connectivity index (χ4n) is 0.144. The number of allylic oxidation sites excluding steroid dienone is 1. The minimum absolute atomic E-state index is 0. The third-order valence-electron chi connectivity index (χ3n) is 0.262. The first-order valence-corrected chi connectivity index (χ1v) is 3.98. The molecule has 0 aromatic carbocycles. The van der Waals surface area contributed by atoms with Crippen LogP contribution in [0.5, 0.6) is 0 Å². The van der Waals surface area contributed by atoms with Crippen molar-refractivity contribution >= 4 is 10.4 Å². The van der Waals surface area contributed by atoms with Gasteiger partial charge in [0.05, 0.1) is 6.61 Å². The van der Waals surface area contributed by atoms with Gasteiger partial charge in [0.2, 0.25) is 10.4 Å². The van der Waals surface area contributed by atoms with Crippen molar-refractivity contribution in [3.63, 3.8) is 0 Å². The van der Waals surface area contributed by atoms with Gasteiger partial charge in [-0.25, -0.2) is 8.42 Å². The molecule has 0 aromatic rings. The number of hydrogen-bond acceptors (Lipinski definition) is 4. The Bertz CT molecular complexity index is 163. The van der Waals surface area contributed by atoms with Crippen molar-refractivity contribution in [2.45, 2.75) is 13.8 Å².